The molecule has 102 valence electrons. The van der Waals surface area contributed by atoms with Crippen LogP contribution in [0.25, 0.3) is 0 Å². The van der Waals surface area contributed by atoms with E-state index < -0.39 is 0 Å². The molecule has 5 heteroatoms. The minimum Gasteiger partial charge on any atom is -0.490 e. The summed E-state index contributed by atoms with van der Waals surface area (Å²) in [6, 6.07) is 14.4. The van der Waals surface area contributed by atoms with E-state index in [4.69, 9.17) is 16.3 Å². The summed E-state index contributed by atoms with van der Waals surface area (Å²) in [5.74, 6) is 0.670. The molecular weight excluding hydrogens is 276 g/mol. The first-order chi connectivity index (χ1) is 9.74. The molecule has 0 fully saturated rings. The van der Waals surface area contributed by atoms with Crippen LogP contribution in [0.5, 0.6) is 5.75 Å². The minimum absolute atomic E-state index is 0.192. The first-order valence-corrected chi connectivity index (χ1v) is 6.68. The number of hydrogen-bond acceptors (Lipinski definition) is 2. The van der Waals surface area contributed by atoms with Crippen molar-refractivity contribution >= 4 is 29.0 Å². The molecule has 1 aliphatic heterocycles. The molecule has 0 radical (unpaired) electrons. The second-order valence-corrected chi connectivity index (χ2v) is 4.84. The first-order valence-electron chi connectivity index (χ1n) is 6.30. The Labute approximate surface area is 121 Å². The number of nitrogens with zero attached hydrogens (tertiary/aromatic N) is 1. The molecule has 2 aromatic carbocycles. The average Bonchev–Trinajstić information content (AvgIpc) is 2.47. The van der Waals surface area contributed by atoms with E-state index in [1.807, 2.05) is 30.3 Å². The van der Waals surface area contributed by atoms with Gasteiger partial charge in [-0.2, -0.15) is 0 Å². The Morgan fingerprint density at radius 1 is 1.20 bits per heavy atom. The van der Waals surface area contributed by atoms with Crippen LogP contribution in [-0.4, -0.2) is 19.2 Å². The third-order valence-corrected chi connectivity index (χ3v) is 3.29. The van der Waals surface area contributed by atoms with Crippen molar-refractivity contribution in [1.82, 2.24) is 0 Å². The molecule has 2 amide bonds. The summed E-state index contributed by atoms with van der Waals surface area (Å²) in [5, 5.41) is 3.44. The van der Waals surface area contributed by atoms with Crippen molar-refractivity contribution in [3.8, 4) is 5.75 Å². The number of ether oxygens (including phenoxy) is 1. The van der Waals surface area contributed by atoms with Crippen LogP contribution in [0.15, 0.2) is 48.5 Å². The van der Waals surface area contributed by atoms with Crippen LogP contribution < -0.4 is 15.0 Å². The highest BCUT2D eigenvalue weighted by molar-refractivity contribution is 6.31. The van der Waals surface area contributed by atoms with Crippen LogP contribution in [0.2, 0.25) is 5.02 Å². The van der Waals surface area contributed by atoms with Crippen LogP contribution >= 0.6 is 11.6 Å². The van der Waals surface area contributed by atoms with Crippen molar-refractivity contribution in [3.05, 3.63) is 53.6 Å². The van der Waals surface area contributed by atoms with Gasteiger partial charge in [0, 0.05) is 10.7 Å². The quantitative estimate of drug-likeness (QED) is 0.868. The lowest BCUT2D eigenvalue weighted by Gasteiger charge is -2.29. The molecule has 0 bridgehead atoms. The summed E-state index contributed by atoms with van der Waals surface area (Å²) in [5.41, 5.74) is 1.45. The SMILES string of the molecule is O=C(Nc1ccccc1)N1CCOc2ccc(Cl)cc21. The van der Waals surface area contributed by atoms with E-state index in [1.54, 1.807) is 23.1 Å². The molecule has 0 aromatic heterocycles. The highest BCUT2D eigenvalue weighted by atomic mass is 35.5. The molecular formula is C15H13ClN2O2. The summed E-state index contributed by atoms with van der Waals surface area (Å²) in [6.45, 7) is 0.961. The van der Waals surface area contributed by atoms with Crippen molar-refractivity contribution in [1.29, 1.82) is 0 Å². The lowest BCUT2D eigenvalue weighted by Crippen LogP contribution is -2.40. The van der Waals surface area contributed by atoms with E-state index >= 15 is 0 Å². The minimum atomic E-state index is -0.192. The number of hydrogen-bond donors (Lipinski definition) is 1. The van der Waals surface area contributed by atoms with E-state index in [9.17, 15) is 4.79 Å². The second kappa shape index (κ2) is 5.43. The number of carbonyl (C=O) groups excluding carboxylic acids is 1. The molecule has 0 saturated carbocycles. The van der Waals surface area contributed by atoms with Gasteiger partial charge in [0.25, 0.3) is 0 Å². The normalized spacial score (nSPS) is 13.3. The van der Waals surface area contributed by atoms with Gasteiger partial charge in [-0.05, 0) is 30.3 Å². The number of benzene rings is 2. The largest absolute Gasteiger partial charge is 0.490 e. The highest BCUT2D eigenvalue weighted by Gasteiger charge is 2.23. The van der Waals surface area contributed by atoms with Gasteiger partial charge in [-0.15, -0.1) is 0 Å². The van der Waals surface area contributed by atoms with Gasteiger partial charge in [-0.25, -0.2) is 4.79 Å². The topological polar surface area (TPSA) is 41.6 Å². The molecule has 1 heterocycles. The van der Waals surface area contributed by atoms with Crippen LogP contribution in [0.4, 0.5) is 16.2 Å². The van der Waals surface area contributed by atoms with Gasteiger partial charge < -0.3 is 10.1 Å². The van der Waals surface area contributed by atoms with Crippen LogP contribution in [0.1, 0.15) is 0 Å². The summed E-state index contributed by atoms with van der Waals surface area (Å²) in [6.07, 6.45) is 0. The van der Waals surface area contributed by atoms with Gasteiger partial charge in [0.05, 0.1) is 12.2 Å². The molecule has 1 aliphatic rings. The highest BCUT2D eigenvalue weighted by Crippen LogP contribution is 2.34. The van der Waals surface area contributed by atoms with Crippen molar-refractivity contribution in [3.63, 3.8) is 0 Å². The number of nitrogens with one attached hydrogen (secondary N) is 1. The summed E-state index contributed by atoms with van der Waals surface area (Å²) in [4.78, 5) is 14.0. The zero-order chi connectivity index (χ0) is 13.9. The van der Waals surface area contributed by atoms with Crippen molar-refractivity contribution in [2.24, 2.45) is 0 Å². The lowest BCUT2D eigenvalue weighted by molar-refractivity contribution is 0.250. The molecule has 0 aliphatic carbocycles. The number of anilines is 2. The zero-order valence-electron chi connectivity index (χ0n) is 10.7. The smallest absolute Gasteiger partial charge is 0.326 e. The van der Waals surface area contributed by atoms with E-state index in [0.717, 1.165) is 5.69 Å². The Morgan fingerprint density at radius 3 is 2.80 bits per heavy atom. The predicted molar refractivity (Wildman–Crippen MR) is 79.8 cm³/mol. The molecule has 2 aromatic rings. The third-order valence-electron chi connectivity index (χ3n) is 3.05. The molecule has 4 nitrogen and oxygen atoms in total. The van der Waals surface area contributed by atoms with E-state index in [2.05, 4.69) is 5.32 Å². The summed E-state index contributed by atoms with van der Waals surface area (Å²) < 4.78 is 5.53. The maximum atomic E-state index is 12.4. The van der Waals surface area contributed by atoms with Gasteiger partial charge in [0.1, 0.15) is 12.4 Å². The average molecular weight is 289 g/mol. The van der Waals surface area contributed by atoms with Gasteiger partial charge in [0.15, 0.2) is 0 Å². The van der Waals surface area contributed by atoms with Crippen LogP contribution in [0.3, 0.4) is 0 Å². The fraction of sp³-hybridized carbons (Fsp3) is 0.133. The molecule has 0 spiro atoms. The third kappa shape index (κ3) is 2.56. The fourth-order valence-electron chi connectivity index (χ4n) is 2.11. The summed E-state index contributed by atoms with van der Waals surface area (Å²) >= 11 is 5.99. The molecule has 3 rings (SSSR count). The van der Waals surface area contributed by atoms with Crippen molar-refractivity contribution in [2.45, 2.75) is 0 Å². The Kier molecular flexibility index (Phi) is 3.48. The Morgan fingerprint density at radius 2 is 2.00 bits per heavy atom. The van der Waals surface area contributed by atoms with Gasteiger partial charge in [-0.3, -0.25) is 4.90 Å². The van der Waals surface area contributed by atoms with E-state index in [0.29, 0.717) is 29.6 Å². The number of fused-ring (bicyclic) bond motifs is 1. The number of amides is 2. The Bertz CT molecular complexity index is 631. The van der Waals surface area contributed by atoms with Crippen LogP contribution in [0, 0.1) is 0 Å². The number of rotatable bonds is 1. The maximum absolute atomic E-state index is 12.4. The maximum Gasteiger partial charge on any atom is 0.326 e. The van der Waals surface area contributed by atoms with Gasteiger partial charge >= 0.3 is 6.03 Å². The standard InChI is InChI=1S/C15H13ClN2O2/c16-11-6-7-14-13(10-11)18(8-9-20-14)15(19)17-12-4-2-1-3-5-12/h1-7,10H,8-9H2,(H,17,19). The monoisotopic (exact) mass is 288 g/mol. The Balaban J connectivity index is 1.85. The number of urea groups is 1. The van der Waals surface area contributed by atoms with Gasteiger partial charge in [0.2, 0.25) is 0 Å². The number of halogens is 1. The fourth-order valence-corrected chi connectivity index (χ4v) is 2.28. The van der Waals surface area contributed by atoms with E-state index in [-0.39, 0.29) is 6.03 Å². The second-order valence-electron chi connectivity index (χ2n) is 4.41. The molecule has 0 unspecified atom stereocenters. The zero-order valence-corrected chi connectivity index (χ0v) is 11.4. The Hall–Kier alpha value is -2.20. The van der Waals surface area contributed by atoms with Gasteiger partial charge in [-0.1, -0.05) is 29.8 Å². The number of carbonyl (C=O) groups is 1. The first kappa shape index (κ1) is 12.8. The predicted octanol–water partition coefficient (Wildman–Crippen LogP) is 3.77. The molecule has 0 saturated heterocycles. The summed E-state index contributed by atoms with van der Waals surface area (Å²) in [7, 11) is 0. The van der Waals surface area contributed by atoms with E-state index in [1.165, 1.54) is 0 Å². The number of para-hydroxylation sites is 1. The molecule has 20 heavy (non-hydrogen) atoms. The van der Waals surface area contributed by atoms with Crippen molar-refractivity contribution in [2.75, 3.05) is 23.4 Å². The molecule has 0 atom stereocenters. The lowest BCUT2D eigenvalue weighted by atomic mass is 10.2. The van der Waals surface area contributed by atoms with Crippen molar-refractivity contribution < 1.29 is 9.53 Å². The van der Waals surface area contributed by atoms with Crippen LogP contribution in [-0.2, 0) is 0 Å². The molecule has 1 N–H and O–H groups in total.